The van der Waals surface area contributed by atoms with Crippen molar-refractivity contribution in [3.8, 4) is 0 Å². The van der Waals surface area contributed by atoms with Gasteiger partial charge in [-0.1, -0.05) is 13.8 Å². The number of imide groups is 1. The first-order valence-corrected chi connectivity index (χ1v) is 9.02. The number of hydrogen-bond donors (Lipinski definition) is 2. The average molecular weight is 375 g/mol. The van der Waals surface area contributed by atoms with E-state index >= 15 is 0 Å². The Kier molecular flexibility index (Phi) is 7.34. The summed E-state index contributed by atoms with van der Waals surface area (Å²) < 4.78 is 4.91. The normalized spacial score (nSPS) is 13.6. The highest BCUT2D eigenvalue weighted by atomic mass is 16.5. The molecule has 2 N–H and O–H groups in total. The monoisotopic (exact) mass is 375 g/mol. The molecular formula is C19H25N3O5. The molecule has 8 heteroatoms. The smallest absolute Gasteiger partial charge is 0.338 e. The van der Waals surface area contributed by atoms with Crippen LogP contribution in [0.1, 0.15) is 43.5 Å². The molecule has 2 rings (SSSR count). The Labute approximate surface area is 158 Å². The van der Waals surface area contributed by atoms with Crippen LogP contribution in [0.25, 0.3) is 0 Å². The number of amides is 4. The number of nitrogens with one attached hydrogen (secondary N) is 2. The first kappa shape index (κ1) is 20.4. The Bertz CT molecular complexity index is 700. The average Bonchev–Trinajstić information content (AvgIpc) is 3.05. The van der Waals surface area contributed by atoms with Crippen molar-refractivity contribution in [2.75, 3.05) is 24.6 Å². The number of ether oxygens (including phenoxy) is 1. The summed E-state index contributed by atoms with van der Waals surface area (Å²) in [5.41, 5.74) is 0.990. The van der Waals surface area contributed by atoms with Gasteiger partial charge in [0.15, 0.2) is 6.61 Å². The van der Waals surface area contributed by atoms with Gasteiger partial charge in [0, 0.05) is 25.2 Å². The van der Waals surface area contributed by atoms with Crippen molar-refractivity contribution in [3.63, 3.8) is 0 Å². The summed E-state index contributed by atoms with van der Waals surface area (Å²) in [7, 11) is 0. The van der Waals surface area contributed by atoms with Gasteiger partial charge in [0.25, 0.3) is 5.91 Å². The Morgan fingerprint density at radius 1 is 1.19 bits per heavy atom. The van der Waals surface area contributed by atoms with Gasteiger partial charge in [0.05, 0.1) is 5.56 Å². The minimum Gasteiger partial charge on any atom is -0.452 e. The predicted octanol–water partition coefficient (Wildman–Crippen LogP) is 1.84. The lowest BCUT2D eigenvalue weighted by molar-refractivity contribution is -0.123. The fraction of sp³-hybridized carbons (Fsp3) is 0.474. The van der Waals surface area contributed by atoms with Crippen molar-refractivity contribution in [1.29, 1.82) is 0 Å². The van der Waals surface area contributed by atoms with Crippen molar-refractivity contribution in [1.82, 2.24) is 10.6 Å². The second kappa shape index (κ2) is 9.70. The number of carbonyl (C=O) groups is 4. The first-order valence-electron chi connectivity index (χ1n) is 9.02. The van der Waals surface area contributed by atoms with Crippen molar-refractivity contribution < 1.29 is 23.9 Å². The molecule has 4 amide bonds. The van der Waals surface area contributed by atoms with Gasteiger partial charge in [0.2, 0.25) is 5.91 Å². The number of nitrogens with zero attached hydrogens (tertiary/aromatic N) is 1. The summed E-state index contributed by atoms with van der Waals surface area (Å²) in [5.74, 6) is -0.875. The summed E-state index contributed by atoms with van der Waals surface area (Å²) in [6, 6.07) is 5.81. The molecule has 0 saturated carbocycles. The number of rotatable bonds is 7. The van der Waals surface area contributed by atoms with E-state index in [0.29, 0.717) is 25.4 Å². The Morgan fingerprint density at radius 3 is 2.48 bits per heavy atom. The van der Waals surface area contributed by atoms with E-state index in [2.05, 4.69) is 10.6 Å². The second-order valence-corrected chi connectivity index (χ2v) is 6.76. The third-order valence-electron chi connectivity index (χ3n) is 4.08. The van der Waals surface area contributed by atoms with Crippen LogP contribution in [0.3, 0.4) is 0 Å². The van der Waals surface area contributed by atoms with E-state index in [-0.39, 0.29) is 11.5 Å². The lowest BCUT2D eigenvalue weighted by Crippen LogP contribution is -2.41. The lowest BCUT2D eigenvalue weighted by Gasteiger charge is -2.15. The molecule has 1 saturated heterocycles. The molecule has 1 fully saturated rings. The summed E-state index contributed by atoms with van der Waals surface area (Å²) in [5, 5.41) is 4.66. The van der Waals surface area contributed by atoms with Crippen LogP contribution in [-0.2, 0) is 14.3 Å². The molecule has 1 aliphatic rings. The SMILES string of the molecule is CC(C)CCNC(=O)NC(=O)COC(=O)c1ccc(N2CCCC2=O)cc1. The summed E-state index contributed by atoms with van der Waals surface area (Å²) in [6.07, 6.45) is 2.16. The van der Waals surface area contributed by atoms with E-state index in [9.17, 15) is 19.2 Å². The molecule has 1 aromatic carbocycles. The lowest BCUT2D eigenvalue weighted by atomic mass is 10.1. The van der Waals surface area contributed by atoms with Crippen LogP contribution in [0, 0.1) is 5.92 Å². The number of anilines is 1. The van der Waals surface area contributed by atoms with Crippen LogP contribution in [0.2, 0.25) is 0 Å². The minimum atomic E-state index is -0.704. The number of esters is 1. The fourth-order valence-corrected chi connectivity index (χ4v) is 2.59. The zero-order valence-corrected chi connectivity index (χ0v) is 15.6. The van der Waals surface area contributed by atoms with Gasteiger partial charge in [-0.05, 0) is 43.0 Å². The molecule has 0 radical (unpaired) electrons. The van der Waals surface area contributed by atoms with Crippen LogP contribution in [0.4, 0.5) is 10.5 Å². The molecule has 146 valence electrons. The molecule has 1 heterocycles. The number of benzene rings is 1. The highest BCUT2D eigenvalue weighted by Gasteiger charge is 2.22. The zero-order chi connectivity index (χ0) is 19.8. The minimum absolute atomic E-state index is 0.0636. The van der Waals surface area contributed by atoms with Crippen molar-refractivity contribution in [2.24, 2.45) is 5.92 Å². The third-order valence-corrected chi connectivity index (χ3v) is 4.08. The van der Waals surface area contributed by atoms with Crippen molar-refractivity contribution in [2.45, 2.75) is 33.1 Å². The fourth-order valence-electron chi connectivity index (χ4n) is 2.59. The third kappa shape index (κ3) is 6.40. The summed E-state index contributed by atoms with van der Waals surface area (Å²) >= 11 is 0. The summed E-state index contributed by atoms with van der Waals surface area (Å²) in [4.78, 5) is 48.6. The van der Waals surface area contributed by atoms with E-state index in [0.717, 1.165) is 18.5 Å². The second-order valence-electron chi connectivity index (χ2n) is 6.76. The predicted molar refractivity (Wildman–Crippen MR) is 99.3 cm³/mol. The van der Waals surface area contributed by atoms with Crippen molar-refractivity contribution >= 4 is 29.5 Å². The maximum absolute atomic E-state index is 12.0. The maximum atomic E-state index is 12.0. The molecule has 0 spiro atoms. The van der Waals surface area contributed by atoms with Gasteiger partial charge in [-0.15, -0.1) is 0 Å². The highest BCUT2D eigenvalue weighted by Crippen LogP contribution is 2.21. The quantitative estimate of drug-likeness (QED) is 0.708. The molecule has 8 nitrogen and oxygen atoms in total. The van der Waals surface area contributed by atoms with E-state index in [1.54, 1.807) is 29.2 Å². The molecule has 27 heavy (non-hydrogen) atoms. The summed E-state index contributed by atoms with van der Waals surface area (Å²) in [6.45, 7) is 4.63. The number of hydrogen-bond acceptors (Lipinski definition) is 5. The van der Waals surface area contributed by atoms with Gasteiger partial charge in [-0.2, -0.15) is 0 Å². The first-order chi connectivity index (χ1) is 12.9. The Morgan fingerprint density at radius 2 is 1.89 bits per heavy atom. The molecule has 0 aromatic heterocycles. The Balaban J connectivity index is 1.75. The van der Waals surface area contributed by atoms with E-state index in [1.807, 2.05) is 13.8 Å². The molecule has 0 unspecified atom stereocenters. The van der Waals surface area contributed by atoms with Gasteiger partial charge in [-0.3, -0.25) is 14.9 Å². The molecule has 0 aliphatic carbocycles. The van der Waals surface area contributed by atoms with E-state index < -0.39 is 24.5 Å². The zero-order valence-electron chi connectivity index (χ0n) is 15.6. The van der Waals surface area contributed by atoms with Crippen LogP contribution in [-0.4, -0.2) is 43.5 Å². The molecule has 0 bridgehead atoms. The van der Waals surface area contributed by atoms with Crippen LogP contribution in [0.5, 0.6) is 0 Å². The van der Waals surface area contributed by atoms with Gasteiger partial charge >= 0.3 is 12.0 Å². The number of carbonyl (C=O) groups excluding carboxylic acids is 4. The Hall–Kier alpha value is -2.90. The number of urea groups is 1. The van der Waals surface area contributed by atoms with Gasteiger partial charge in [-0.25, -0.2) is 9.59 Å². The standard InChI is InChI=1S/C19H25N3O5/c1-13(2)9-10-20-19(26)21-16(23)12-27-18(25)14-5-7-15(8-6-14)22-11-3-4-17(22)24/h5-8,13H,3-4,9-12H2,1-2H3,(H2,20,21,23,26). The van der Waals surface area contributed by atoms with Gasteiger partial charge in [0.1, 0.15) is 0 Å². The van der Waals surface area contributed by atoms with Crippen LogP contribution >= 0.6 is 0 Å². The topological polar surface area (TPSA) is 105 Å². The van der Waals surface area contributed by atoms with Crippen LogP contribution < -0.4 is 15.5 Å². The van der Waals surface area contributed by atoms with E-state index in [4.69, 9.17) is 4.74 Å². The molecular weight excluding hydrogens is 350 g/mol. The highest BCUT2D eigenvalue weighted by molar-refractivity contribution is 5.98. The van der Waals surface area contributed by atoms with Gasteiger partial charge < -0.3 is 15.0 Å². The molecule has 1 aromatic rings. The maximum Gasteiger partial charge on any atom is 0.338 e. The van der Waals surface area contributed by atoms with Crippen LogP contribution in [0.15, 0.2) is 24.3 Å². The largest absolute Gasteiger partial charge is 0.452 e. The molecule has 0 atom stereocenters. The molecule has 1 aliphatic heterocycles. The van der Waals surface area contributed by atoms with Crippen molar-refractivity contribution in [3.05, 3.63) is 29.8 Å². The van der Waals surface area contributed by atoms with E-state index in [1.165, 1.54) is 0 Å².